The average molecular weight is 276 g/mol. The molecule has 20 heavy (non-hydrogen) atoms. The van der Waals surface area contributed by atoms with E-state index in [9.17, 15) is 4.79 Å². The molecule has 8 unspecified atom stereocenters. The van der Waals surface area contributed by atoms with Crippen LogP contribution in [-0.4, -0.2) is 12.6 Å². The number of rotatable bonds is 4. The summed E-state index contributed by atoms with van der Waals surface area (Å²) in [6, 6.07) is 0. The first-order valence-corrected chi connectivity index (χ1v) is 8.85. The molecular formula is C18H28O2. The smallest absolute Gasteiger partial charge is 0.308 e. The Hall–Kier alpha value is -0.530. The van der Waals surface area contributed by atoms with Gasteiger partial charge in [-0.15, -0.1) is 0 Å². The third-order valence-electron chi connectivity index (χ3n) is 7.33. The van der Waals surface area contributed by atoms with E-state index >= 15 is 0 Å². The molecule has 4 fully saturated rings. The predicted octanol–water partition coefficient (Wildman–Crippen LogP) is 3.89. The maximum Gasteiger partial charge on any atom is 0.308 e. The highest BCUT2D eigenvalue weighted by Crippen LogP contribution is 2.68. The monoisotopic (exact) mass is 276 g/mol. The van der Waals surface area contributed by atoms with Gasteiger partial charge in [-0.05, 0) is 80.0 Å². The summed E-state index contributed by atoms with van der Waals surface area (Å²) in [5.41, 5.74) is 0. The molecular weight excluding hydrogens is 248 g/mol. The van der Waals surface area contributed by atoms with Crippen LogP contribution in [0, 0.1) is 47.3 Å². The number of fused-ring (bicyclic) bond motifs is 9. The first-order valence-electron chi connectivity index (χ1n) is 8.85. The minimum Gasteiger partial charge on any atom is -0.465 e. The Morgan fingerprint density at radius 2 is 1.85 bits per heavy atom. The molecule has 0 saturated heterocycles. The molecule has 112 valence electrons. The minimum atomic E-state index is 0.0276. The zero-order valence-electron chi connectivity index (χ0n) is 12.9. The summed E-state index contributed by atoms with van der Waals surface area (Å²) in [6.07, 6.45) is 8.24. The van der Waals surface area contributed by atoms with Crippen LogP contribution in [0.4, 0.5) is 0 Å². The fourth-order valence-electron chi connectivity index (χ4n) is 6.39. The average Bonchev–Trinajstić information content (AvgIpc) is 3.20. The molecule has 0 radical (unpaired) electrons. The molecule has 2 heteroatoms. The van der Waals surface area contributed by atoms with E-state index in [1.54, 1.807) is 0 Å². The fourth-order valence-corrected chi connectivity index (χ4v) is 6.39. The zero-order valence-corrected chi connectivity index (χ0v) is 12.9. The summed E-state index contributed by atoms with van der Waals surface area (Å²) in [5.74, 6) is 6.85. The second-order valence-corrected chi connectivity index (χ2v) is 8.08. The number of carbonyl (C=O) groups excluding carboxylic acids is 1. The SMILES string of the molecule is CCC(C)C(=O)OCC1CC2CC1C1C3CCC(C3)C21. The molecule has 0 heterocycles. The normalized spacial score (nSPS) is 49.4. The van der Waals surface area contributed by atoms with Crippen molar-refractivity contribution in [1.82, 2.24) is 0 Å². The van der Waals surface area contributed by atoms with E-state index in [0.29, 0.717) is 12.5 Å². The Morgan fingerprint density at radius 3 is 2.60 bits per heavy atom. The Balaban J connectivity index is 1.38. The number of ether oxygens (including phenoxy) is 1. The molecule has 4 aliphatic rings. The molecule has 0 aromatic heterocycles. The van der Waals surface area contributed by atoms with Crippen LogP contribution in [0.25, 0.3) is 0 Å². The highest BCUT2D eigenvalue weighted by atomic mass is 16.5. The molecule has 0 amide bonds. The molecule has 0 spiro atoms. The van der Waals surface area contributed by atoms with Crippen molar-refractivity contribution in [3.8, 4) is 0 Å². The topological polar surface area (TPSA) is 26.3 Å². The van der Waals surface area contributed by atoms with Gasteiger partial charge in [0.15, 0.2) is 0 Å². The molecule has 0 aromatic rings. The second kappa shape index (κ2) is 4.74. The van der Waals surface area contributed by atoms with Gasteiger partial charge in [0.1, 0.15) is 0 Å². The largest absolute Gasteiger partial charge is 0.465 e. The van der Waals surface area contributed by atoms with Gasteiger partial charge in [0.25, 0.3) is 0 Å². The predicted molar refractivity (Wildman–Crippen MR) is 77.9 cm³/mol. The van der Waals surface area contributed by atoms with Gasteiger partial charge in [-0.2, -0.15) is 0 Å². The van der Waals surface area contributed by atoms with Gasteiger partial charge in [-0.3, -0.25) is 4.79 Å². The molecule has 4 bridgehead atoms. The van der Waals surface area contributed by atoms with Crippen molar-refractivity contribution in [2.75, 3.05) is 6.61 Å². The first kappa shape index (κ1) is 13.2. The van der Waals surface area contributed by atoms with Crippen LogP contribution < -0.4 is 0 Å². The summed E-state index contributed by atoms with van der Waals surface area (Å²) in [7, 11) is 0. The minimum absolute atomic E-state index is 0.0276. The second-order valence-electron chi connectivity index (χ2n) is 8.08. The van der Waals surface area contributed by atoms with Crippen molar-refractivity contribution in [3.05, 3.63) is 0 Å². The molecule has 0 aromatic carbocycles. The molecule has 0 N–H and O–H groups in total. The maximum absolute atomic E-state index is 11.9. The van der Waals surface area contributed by atoms with Gasteiger partial charge in [0.2, 0.25) is 0 Å². The van der Waals surface area contributed by atoms with E-state index in [0.717, 1.165) is 41.9 Å². The van der Waals surface area contributed by atoms with Gasteiger partial charge in [0.05, 0.1) is 12.5 Å². The van der Waals surface area contributed by atoms with Gasteiger partial charge in [0, 0.05) is 0 Å². The lowest BCUT2D eigenvalue weighted by atomic mass is 9.68. The third-order valence-corrected chi connectivity index (χ3v) is 7.33. The van der Waals surface area contributed by atoms with E-state index in [-0.39, 0.29) is 11.9 Å². The van der Waals surface area contributed by atoms with Crippen LogP contribution in [0.15, 0.2) is 0 Å². The van der Waals surface area contributed by atoms with Crippen molar-refractivity contribution in [3.63, 3.8) is 0 Å². The fraction of sp³-hybridized carbons (Fsp3) is 0.944. The summed E-state index contributed by atoms with van der Waals surface area (Å²) in [6.45, 7) is 4.75. The van der Waals surface area contributed by atoms with Gasteiger partial charge < -0.3 is 4.74 Å². The quantitative estimate of drug-likeness (QED) is 0.575. The first-order chi connectivity index (χ1) is 9.69. The lowest BCUT2D eigenvalue weighted by Gasteiger charge is -2.38. The van der Waals surface area contributed by atoms with E-state index in [2.05, 4.69) is 6.92 Å². The highest BCUT2D eigenvalue weighted by Gasteiger charge is 2.62. The van der Waals surface area contributed by atoms with Crippen LogP contribution in [0.5, 0.6) is 0 Å². The van der Waals surface area contributed by atoms with E-state index < -0.39 is 0 Å². The maximum atomic E-state index is 11.9. The van der Waals surface area contributed by atoms with Crippen molar-refractivity contribution >= 4 is 5.97 Å². The standard InChI is InChI=1S/C18H28O2/c1-3-10(2)18(19)20-9-14-7-13-8-15(14)17-12-5-4-11(6-12)16(13)17/h10-17H,3-9H2,1-2H3. The van der Waals surface area contributed by atoms with E-state index in [1.807, 2.05) is 6.92 Å². The van der Waals surface area contributed by atoms with Crippen LogP contribution in [0.2, 0.25) is 0 Å². The molecule has 0 aliphatic heterocycles. The lowest BCUT2D eigenvalue weighted by Crippen LogP contribution is -2.34. The number of hydrogen-bond acceptors (Lipinski definition) is 2. The van der Waals surface area contributed by atoms with Gasteiger partial charge in [-0.1, -0.05) is 13.8 Å². The van der Waals surface area contributed by atoms with Crippen molar-refractivity contribution < 1.29 is 9.53 Å². The van der Waals surface area contributed by atoms with E-state index in [4.69, 9.17) is 4.74 Å². The Labute approximate surface area is 122 Å². The summed E-state index contributed by atoms with van der Waals surface area (Å²) >= 11 is 0. The molecule has 4 aliphatic carbocycles. The molecule has 4 saturated carbocycles. The van der Waals surface area contributed by atoms with Crippen LogP contribution in [0.1, 0.15) is 52.4 Å². The Morgan fingerprint density at radius 1 is 1.10 bits per heavy atom. The van der Waals surface area contributed by atoms with Crippen LogP contribution in [-0.2, 0) is 9.53 Å². The Kier molecular flexibility index (Phi) is 3.12. The highest BCUT2D eigenvalue weighted by molar-refractivity contribution is 5.71. The Bertz CT molecular complexity index is 404. The number of esters is 1. The molecule has 8 atom stereocenters. The zero-order chi connectivity index (χ0) is 13.9. The summed E-state index contributed by atoms with van der Waals surface area (Å²) in [5, 5.41) is 0. The van der Waals surface area contributed by atoms with Crippen LogP contribution >= 0.6 is 0 Å². The number of carbonyl (C=O) groups is 1. The van der Waals surface area contributed by atoms with E-state index in [1.165, 1.54) is 32.1 Å². The molecule has 4 rings (SSSR count). The summed E-state index contributed by atoms with van der Waals surface area (Å²) < 4.78 is 5.62. The number of hydrogen-bond donors (Lipinski definition) is 0. The van der Waals surface area contributed by atoms with Gasteiger partial charge >= 0.3 is 5.97 Å². The lowest BCUT2D eigenvalue weighted by molar-refractivity contribution is -0.150. The van der Waals surface area contributed by atoms with Gasteiger partial charge in [-0.25, -0.2) is 0 Å². The summed E-state index contributed by atoms with van der Waals surface area (Å²) in [4.78, 5) is 11.9. The third kappa shape index (κ3) is 1.79. The van der Waals surface area contributed by atoms with Crippen molar-refractivity contribution in [2.45, 2.75) is 52.4 Å². The van der Waals surface area contributed by atoms with Crippen molar-refractivity contribution in [1.29, 1.82) is 0 Å². The van der Waals surface area contributed by atoms with Crippen molar-refractivity contribution in [2.24, 2.45) is 47.3 Å². The van der Waals surface area contributed by atoms with Crippen LogP contribution in [0.3, 0.4) is 0 Å². The molecule has 2 nitrogen and oxygen atoms in total.